The molecule has 186 valence electrons. The summed E-state index contributed by atoms with van der Waals surface area (Å²) in [7, 11) is -0.965. The van der Waals surface area contributed by atoms with E-state index in [1.165, 1.54) is 11.8 Å². The van der Waals surface area contributed by atoms with Gasteiger partial charge in [0, 0.05) is 62.8 Å². The lowest BCUT2D eigenvalue weighted by Gasteiger charge is -2.35. The number of likely N-dealkylation sites (tertiary alicyclic amines) is 1. The van der Waals surface area contributed by atoms with Gasteiger partial charge in [-0.05, 0) is 42.4 Å². The van der Waals surface area contributed by atoms with Crippen molar-refractivity contribution in [3.8, 4) is 0 Å². The van der Waals surface area contributed by atoms with E-state index in [9.17, 15) is 8.42 Å². The van der Waals surface area contributed by atoms with Crippen LogP contribution in [0.15, 0.2) is 42.5 Å². The summed E-state index contributed by atoms with van der Waals surface area (Å²) >= 11 is 18.5. The van der Waals surface area contributed by atoms with Crippen molar-refractivity contribution in [2.24, 2.45) is 0 Å². The summed E-state index contributed by atoms with van der Waals surface area (Å²) in [6.45, 7) is 6.06. The molecule has 0 spiro atoms. The molecule has 2 atom stereocenters. The predicted octanol–water partition coefficient (Wildman–Crippen LogP) is 4.08. The smallest absolute Gasteiger partial charge is 0.211 e. The zero-order valence-corrected chi connectivity index (χ0v) is 22.6. The van der Waals surface area contributed by atoms with Gasteiger partial charge in [0.25, 0.3) is 0 Å². The zero-order chi connectivity index (χ0) is 24.5. The normalized spacial score (nSPS) is 23.1. The molecule has 0 bridgehead atoms. The second kappa shape index (κ2) is 11.0. The number of nitrogens with zero attached hydrogens (tertiary/aromatic N) is 4. The van der Waals surface area contributed by atoms with Gasteiger partial charge in [0.05, 0.1) is 23.0 Å². The number of rotatable bonds is 7. The van der Waals surface area contributed by atoms with Crippen LogP contribution in [0, 0.1) is 0 Å². The Morgan fingerprint density at radius 1 is 0.912 bits per heavy atom. The number of halogens is 3. The fraction of sp³-hybridized carbons (Fsp3) is 0.500. The van der Waals surface area contributed by atoms with Gasteiger partial charge in [-0.1, -0.05) is 53.0 Å². The number of hydrogen-bond donors (Lipinski definition) is 0. The maximum absolute atomic E-state index is 11.8. The van der Waals surface area contributed by atoms with Crippen molar-refractivity contribution < 1.29 is 8.42 Å². The van der Waals surface area contributed by atoms with Crippen LogP contribution >= 0.6 is 34.8 Å². The van der Waals surface area contributed by atoms with Crippen LogP contribution in [0.25, 0.3) is 0 Å². The highest BCUT2D eigenvalue weighted by atomic mass is 35.5. The van der Waals surface area contributed by atoms with Gasteiger partial charge in [0.1, 0.15) is 0 Å². The Labute approximate surface area is 218 Å². The Hall–Kier alpha value is -0.900. The first-order valence-corrected chi connectivity index (χ1v) is 14.4. The topological polar surface area (TPSA) is 47.1 Å². The summed E-state index contributed by atoms with van der Waals surface area (Å²) in [6.07, 6.45) is 1.29. The Morgan fingerprint density at radius 2 is 1.59 bits per heavy atom. The summed E-state index contributed by atoms with van der Waals surface area (Å²) in [6, 6.07) is 14.3. The molecule has 4 rings (SSSR count). The van der Waals surface area contributed by atoms with E-state index in [1.807, 2.05) is 30.3 Å². The van der Waals surface area contributed by atoms with Crippen LogP contribution in [-0.4, -0.2) is 92.7 Å². The summed E-state index contributed by atoms with van der Waals surface area (Å²) in [5, 5.41) is 1.88. The molecule has 0 aromatic heterocycles. The van der Waals surface area contributed by atoms with E-state index in [1.54, 1.807) is 4.31 Å². The van der Waals surface area contributed by atoms with Crippen LogP contribution in [0.3, 0.4) is 0 Å². The van der Waals surface area contributed by atoms with Crippen molar-refractivity contribution in [3.63, 3.8) is 0 Å². The van der Waals surface area contributed by atoms with Gasteiger partial charge >= 0.3 is 0 Å². The van der Waals surface area contributed by atoms with Crippen LogP contribution in [0.4, 0.5) is 0 Å². The summed E-state index contributed by atoms with van der Waals surface area (Å²) < 4.78 is 25.2. The standard InChI is InChI=1S/C24H31Cl3N4O2S/c1-28(14-18-3-8-22(26)23(27)13-18)24-16-30(15-21(24)19-4-6-20(25)7-5-19)17-29-9-11-31(12-10-29)34(2,32)33/h3-8,13,21,24H,9-12,14-17H2,1-2H3. The highest BCUT2D eigenvalue weighted by molar-refractivity contribution is 7.88. The minimum atomic E-state index is -3.12. The molecule has 10 heteroatoms. The van der Waals surface area contributed by atoms with E-state index < -0.39 is 10.0 Å². The maximum atomic E-state index is 11.8. The molecule has 0 amide bonds. The molecule has 2 fully saturated rings. The van der Waals surface area contributed by atoms with Gasteiger partial charge < -0.3 is 0 Å². The van der Waals surface area contributed by atoms with E-state index in [2.05, 4.69) is 33.9 Å². The summed E-state index contributed by atoms with van der Waals surface area (Å²) in [5.41, 5.74) is 2.40. The minimum Gasteiger partial charge on any atom is -0.297 e. The van der Waals surface area contributed by atoms with Crippen LogP contribution < -0.4 is 0 Å². The first-order valence-electron chi connectivity index (χ1n) is 11.4. The molecule has 0 aliphatic carbocycles. The lowest BCUT2D eigenvalue weighted by atomic mass is 9.93. The third-order valence-electron chi connectivity index (χ3n) is 6.85. The Balaban J connectivity index is 1.46. The van der Waals surface area contributed by atoms with Crippen LogP contribution in [-0.2, 0) is 16.6 Å². The van der Waals surface area contributed by atoms with Crippen molar-refractivity contribution in [1.29, 1.82) is 0 Å². The molecular weight excluding hydrogens is 515 g/mol. The van der Waals surface area contributed by atoms with E-state index in [-0.39, 0.29) is 0 Å². The highest BCUT2D eigenvalue weighted by Gasteiger charge is 2.37. The predicted molar refractivity (Wildman–Crippen MR) is 140 cm³/mol. The average molecular weight is 546 g/mol. The molecule has 2 aliphatic rings. The molecule has 2 saturated heterocycles. The third-order valence-corrected chi connectivity index (χ3v) is 9.14. The number of sulfonamides is 1. The van der Waals surface area contributed by atoms with Gasteiger partial charge in [-0.3, -0.25) is 14.7 Å². The van der Waals surface area contributed by atoms with E-state index in [4.69, 9.17) is 34.8 Å². The zero-order valence-electron chi connectivity index (χ0n) is 19.5. The lowest BCUT2D eigenvalue weighted by molar-refractivity contribution is 0.108. The van der Waals surface area contributed by atoms with Crippen molar-refractivity contribution in [1.82, 2.24) is 19.0 Å². The molecule has 2 aromatic rings. The van der Waals surface area contributed by atoms with Gasteiger partial charge in [-0.2, -0.15) is 4.31 Å². The minimum absolute atomic E-state index is 0.313. The third kappa shape index (κ3) is 6.45. The molecule has 2 aliphatic heterocycles. The highest BCUT2D eigenvalue weighted by Crippen LogP contribution is 2.33. The second-order valence-electron chi connectivity index (χ2n) is 9.35. The maximum Gasteiger partial charge on any atom is 0.211 e. The molecule has 0 N–H and O–H groups in total. The largest absolute Gasteiger partial charge is 0.297 e. The monoisotopic (exact) mass is 544 g/mol. The second-order valence-corrected chi connectivity index (χ2v) is 12.6. The SMILES string of the molecule is CN(Cc1ccc(Cl)c(Cl)c1)C1CN(CN2CCN(S(C)(=O)=O)CC2)CC1c1ccc(Cl)cc1. The number of piperazine rings is 1. The molecule has 34 heavy (non-hydrogen) atoms. The number of hydrogen-bond acceptors (Lipinski definition) is 5. The van der Waals surface area contributed by atoms with Crippen molar-refractivity contribution in [2.75, 3.05) is 59.2 Å². The van der Waals surface area contributed by atoms with E-state index >= 15 is 0 Å². The first-order chi connectivity index (χ1) is 16.1. The van der Waals surface area contributed by atoms with Crippen LogP contribution in [0.1, 0.15) is 17.0 Å². The van der Waals surface area contributed by atoms with Crippen molar-refractivity contribution in [2.45, 2.75) is 18.5 Å². The molecule has 6 nitrogen and oxygen atoms in total. The molecule has 2 aromatic carbocycles. The van der Waals surface area contributed by atoms with E-state index in [0.29, 0.717) is 35.1 Å². The summed E-state index contributed by atoms with van der Waals surface area (Å²) in [5.74, 6) is 0.336. The fourth-order valence-electron chi connectivity index (χ4n) is 4.99. The summed E-state index contributed by atoms with van der Waals surface area (Å²) in [4.78, 5) is 7.22. The van der Waals surface area contributed by atoms with Crippen molar-refractivity contribution in [3.05, 3.63) is 68.7 Å². The van der Waals surface area contributed by atoms with Gasteiger partial charge in [-0.25, -0.2) is 8.42 Å². The molecular formula is C24H31Cl3N4O2S. The fourth-order valence-corrected chi connectivity index (χ4v) is 6.27. The Kier molecular flexibility index (Phi) is 8.48. The van der Waals surface area contributed by atoms with Crippen LogP contribution in [0.2, 0.25) is 15.1 Å². The van der Waals surface area contributed by atoms with Gasteiger partial charge in [0.2, 0.25) is 10.0 Å². The Morgan fingerprint density at radius 3 is 2.21 bits per heavy atom. The Bertz CT molecular complexity index is 1090. The molecule has 2 heterocycles. The first kappa shape index (κ1) is 26.2. The molecule has 2 unspecified atom stereocenters. The van der Waals surface area contributed by atoms with E-state index in [0.717, 1.165) is 50.0 Å². The van der Waals surface area contributed by atoms with Gasteiger partial charge in [-0.15, -0.1) is 0 Å². The van der Waals surface area contributed by atoms with Gasteiger partial charge in [0.15, 0.2) is 0 Å². The van der Waals surface area contributed by atoms with Crippen molar-refractivity contribution >= 4 is 44.8 Å². The van der Waals surface area contributed by atoms with Crippen LogP contribution in [0.5, 0.6) is 0 Å². The lowest BCUT2D eigenvalue weighted by Crippen LogP contribution is -2.51. The number of likely N-dealkylation sites (N-methyl/N-ethyl adjacent to an activating group) is 1. The molecule has 0 radical (unpaired) electrons. The quantitative estimate of drug-likeness (QED) is 0.525. The number of benzene rings is 2. The average Bonchev–Trinajstić information content (AvgIpc) is 3.20. The molecule has 0 saturated carbocycles.